The lowest BCUT2D eigenvalue weighted by atomic mass is 9.96. The maximum absolute atomic E-state index is 15.1. The molecule has 1 saturated heterocycles. The van der Waals surface area contributed by atoms with Gasteiger partial charge in [-0.2, -0.15) is 9.97 Å². The van der Waals surface area contributed by atoms with Crippen molar-refractivity contribution in [2.75, 3.05) is 19.5 Å². The van der Waals surface area contributed by atoms with Crippen LogP contribution in [0.15, 0.2) is 67.0 Å². The van der Waals surface area contributed by atoms with Gasteiger partial charge in [-0.1, -0.05) is 60.7 Å². The molecule has 4 unspecified atom stereocenters. The smallest absolute Gasteiger partial charge is 0.342 e. The van der Waals surface area contributed by atoms with Gasteiger partial charge in [0.1, 0.15) is 29.9 Å². The lowest BCUT2D eigenvalue weighted by molar-refractivity contribution is -0.150. The summed E-state index contributed by atoms with van der Waals surface area (Å²) >= 11 is 0. The summed E-state index contributed by atoms with van der Waals surface area (Å²) in [4.78, 5) is 39.6. The molecular formula is C36H48N7O10P. The van der Waals surface area contributed by atoms with Crippen molar-refractivity contribution in [2.45, 2.75) is 95.8 Å². The van der Waals surface area contributed by atoms with E-state index in [0.717, 1.165) is 11.1 Å². The lowest BCUT2D eigenvalue weighted by Gasteiger charge is -2.30. The number of carbonyl (C=O) groups is 2. The number of aliphatic hydroxyl groups excluding tert-OH is 1. The molecular weight excluding hydrogens is 721 g/mol. The van der Waals surface area contributed by atoms with Gasteiger partial charge in [-0.15, -0.1) is 0 Å². The molecule has 0 spiro atoms. The maximum Gasteiger partial charge on any atom is 0.342 e. The third-order valence-corrected chi connectivity index (χ3v) is 10.3. The van der Waals surface area contributed by atoms with E-state index in [-0.39, 0.29) is 35.8 Å². The zero-order chi connectivity index (χ0) is 39.2. The van der Waals surface area contributed by atoms with Crippen molar-refractivity contribution < 1.29 is 47.8 Å². The number of imidazole rings is 1. The molecule has 18 heteroatoms. The number of anilines is 1. The average molecular weight is 770 g/mol. The molecule has 2 aromatic carbocycles. The number of benzene rings is 2. The summed E-state index contributed by atoms with van der Waals surface area (Å²) in [5, 5.41) is 28.6. The molecule has 1 aliphatic heterocycles. The highest BCUT2D eigenvalue weighted by molar-refractivity contribution is 7.54. The zero-order valence-electron chi connectivity index (χ0n) is 31.0. The Hall–Kier alpha value is -4.48. The molecule has 292 valence electrons. The molecule has 1 fully saturated rings. The van der Waals surface area contributed by atoms with Crippen LogP contribution in [0.2, 0.25) is 0 Å². The number of aliphatic hydroxyl groups is 2. The van der Waals surface area contributed by atoms with Gasteiger partial charge in [0.2, 0.25) is 11.8 Å². The van der Waals surface area contributed by atoms with Crippen LogP contribution in [-0.2, 0) is 45.7 Å². The Kier molecular flexibility index (Phi) is 13.1. The summed E-state index contributed by atoms with van der Waals surface area (Å²) in [6, 6.07) is 15.6. The highest BCUT2D eigenvalue weighted by Gasteiger charge is 2.54. The lowest BCUT2D eigenvalue weighted by Crippen LogP contribution is -2.48. The standard InChI is InChI=1S/C36H48N7O10P/c1-21(2)51-32(45)25(17-23-13-9-7-10-14-23)41-54(48,42-26(33(46)52-22(3)4)18-24-15-11-8-12-16-24)50-19-27-29(44)36(5,47)34(53-27)43-20-38-28-30(43)39-35(37)40-31(28)49-6/h7-16,20-22,25-27,29,34,44,47H,17-19H2,1-6H3,(H2,37,39,40)(H2,41,42,48)/t25?,26?,27-,29+,34?,36?,54?/m1/s1. The summed E-state index contributed by atoms with van der Waals surface area (Å²) in [6.07, 6.45) is -3.78. The predicted molar refractivity (Wildman–Crippen MR) is 197 cm³/mol. The molecule has 6 N–H and O–H groups in total. The number of methoxy groups -OCH3 is 1. The Labute approximate surface area is 313 Å². The molecule has 0 amide bonds. The Morgan fingerprint density at radius 1 is 0.944 bits per heavy atom. The molecule has 0 bridgehead atoms. The third kappa shape index (κ3) is 9.78. The normalized spacial score (nSPS) is 22.2. The van der Waals surface area contributed by atoms with Crippen molar-refractivity contribution >= 4 is 36.7 Å². The molecule has 2 aromatic heterocycles. The first-order valence-electron chi connectivity index (χ1n) is 17.5. The fourth-order valence-corrected chi connectivity index (χ4v) is 7.79. The minimum absolute atomic E-state index is 0.0444. The fraction of sp³-hybridized carbons (Fsp3) is 0.472. The molecule has 4 aromatic rings. The Morgan fingerprint density at radius 2 is 1.46 bits per heavy atom. The van der Waals surface area contributed by atoms with E-state index in [2.05, 4.69) is 25.1 Å². The van der Waals surface area contributed by atoms with Crippen LogP contribution in [0.3, 0.4) is 0 Å². The number of aromatic nitrogens is 4. The number of nitrogens with one attached hydrogen (secondary N) is 2. The van der Waals surface area contributed by atoms with Gasteiger partial charge < -0.3 is 39.4 Å². The van der Waals surface area contributed by atoms with Crippen LogP contribution in [0.4, 0.5) is 5.95 Å². The van der Waals surface area contributed by atoms with Gasteiger partial charge >= 0.3 is 19.6 Å². The van der Waals surface area contributed by atoms with E-state index >= 15 is 4.57 Å². The second-order valence-electron chi connectivity index (χ2n) is 13.7. The van der Waals surface area contributed by atoms with Gasteiger partial charge in [-0.25, -0.2) is 15.2 Å². The molecule has 0 radical (unpaired) electrons. The zero-order valence-corrected chi connectivity index (χ0v) is 31.9. The number of nitrogens with two attached hydrogens (primary N) is 1. The number of ether oxygens (including phenoxy) is 4. The van der Waals surface area contributed by atoms with Gasteiger partial charge in [0.25, 0.3) is 0 Å². The van der Waals surface area contributed by atoms with Crippen LogP contribution in [0.1, 0.15) is 52.0 Å². The number of nitrogens with zero attached hydrogens (tertiary/aromatic N) is 4. The van der Waals surface area contributed by atoms with Crippen molar-refractivity contribution in [3.05, 3.63) is 78.1 Å². The monoisotopic (exact) mass is 769 g/mol. The van der Waals surface area contributed by atoms with Crippen LogP contribution in [0, 0.1) is 0 Å². The summed E-state index contributed by atoms with van der Waals surface area (Å²) in [7, 11) is -3.12. The first kappa shape index (κ1) is 40.7. The molecule has 6 atom stereocenters. The molecule has 5 rings (SSSR count). The number of nitrogen functional groups attached to an aromatic ring is 1. The van der Waals surface area contributed by atoms with Crippen molar-refractivity contribution in [1.82, 2.24) is 29.7 Å². The summed E-state index contributed by atoms with van der Waals surface area (Å²) < 4.78 is 45.0. The number of hydrogen-bond donors (Lipinski definition) is 5. The predicted octanol–water partition coefficient (Wildman–Crippen LogP) is 2.86. The van der Waals surface area contributed by atoms with E-state index in [4.69, 9.17) is 29.2 Å². The minimum Gasteiger partial charge on any atom is -0.479 e. The molecule has 17 nitrogen and oxygen atoms in total. The van der Waals surface area contributed by atoms with E-state index in [9.17, 15) is 19.8 Å². The van der Waals surface area contributed by atoms with Gasteiger partial charge in [0.05, 0.1) is 32.3 Å². The second kappa shape index (κ2) is 17.3. The van der Waals surface area contributed by atoms with E-state index in [1.807, 2.05) is 12.1 Å². The average Bonchev–Trinajstić information content (AvgIpc) is 3.63. The highest BCUT2D eigenvalue weighted by atomic mass is 31.2. The van der Waals surface area contributed by atoms with E-state index in [1.54, 1.807) is 76.2 Å². The van der Waals surface area contributed by atoms with Crippen LogP contribution >= 0.6 is 7.67 Å². The van der Waals surface area contributed by atoms with Gasteiger partial charge in [-0.3, -0.25) is 18.7 Å². The number of esters is 2. The van der Waals surface area contributed by atoms with Crippen LogP contribution in [0.5, 0.6) is 5.88 Å². The van der Waals surface area contributed by atoms with E-state index in [1.165, 1.54) is 24.9 Å². The molecule has 1 aliphatic rings. The quantitative estimate of drug-likeness (QED) is 0.0768. The van der Waals surface area contributed by atoms with Gasteiger partial charge in [0, 0.05) is 0 Å². The van der Waals surface area contributed by atoms with Crippen LogP contribution < -0.4 is 20.6 Å². The molecule has 3 heterocycles. The van der Waals surface area contributed by atoms with Crippen molar-refractivity contribution in [1.29, 1.82) is 0 Å². The van der Waals surface area contributed by atoms with Crippen LogP contribution in [0.25, 0.3) is 11.2 Å². The summed E-state index contributed by atoms with van der Waals surface area (Å²) in [6.45, 7) is 7.50. The highest BCUT2D eigenvalue weighted by Crippen LogP contribution is 2.44. The van der Waals surface area contributed by atoms with E-state index < -0.39 is 74.5 Å². The summed E-state index contributed by atoms with van der Waals surface area (Å²) in [5.41, 5.74) is 5.77. The van der Waals surface area contributed by atoms with Crippen LogP contribution in [-0.4, -0.2) is 97.5 Å². The first-order valence-corrected chi connectivity index (χ1v) is 19.1. The van der Waals surface area contributed by atoms with Crippen molar-refractivity contribution in [2.24, 2.45) is 0 Å². The number of fused-ring (bicyclic) bond motifs is 1. The molecule has 0 saturated carbocycles. The van der Waals surface area contributed by atoms with Crippen molar-refractivity contribution in [3.8, 4) is 5.88 Å². The Balaban J connectivity index is 1.48. The second-order valence-corrected chi connectivity index (χ2v) is 15.6. The largest absolute Gasteiger partial charge is 0.479 e. The number of carbonyl (C=O) groups excluding carboxylic acids is 2. The third-order valence-electron chi connectivity index (χ3n) is 8.52. The maximum atomic E-state index is 15.1. The van der Waals surface area contributed by atoms with Gasteiger partial charge in [-0.05, 0) is 58.6 Å². The Morgan fingerprint density at radius 3 is 1.94 bits per heavy atom. The first-order chi connectivity index (χ1) is 25.6. The van der Waals surface area contributed by atoms with E-state index in [0.29, 0.717) is 0 Å². The molecule has 54 heavy (non-hydrogen) atoms. The van der Waals surface area contributed by atoms with Gasteiger partial charge in [0.15, 0.2) is 17.4 Å². The molecule has 0 aliphatic carbocycles. The number of rotatable bonds is 17. The summed E-state index contributed by atoms with van der Waals surface area (Å²) in [5.74, 6) is -1.46. The van der Waals surface area contributed by atoms with Crippen molar-refractivity contribution in [3.63, 3.8) is 0 Å². The SMILES string of the molecule is COc1nc(N)nc2c1ncn2C1O[C@H](COP(=O)(NC(Cc2ccccc2)C(=O)OC(C)C)NC(Cc2ccccc2)C(=O)OC(C)C)[C@H](O)C1(C)O. The minimum atomic E-state index is -4.50. The number of hydrogen-bond acceptors (Lipinski definition) is 14. The Bertz CT molecular complexity index is 1860. The fourth-order valence-electron chi connectivity index (χ4n) is 5.99. The topological polar surface area (TPSA) is 231 Å².